The third-order valence-corrected chi connectivity index (χ3v) is 13.4. The molecule has 2 aromatic heterocycles. The summed E-state index contributed by atoms with van der Waals surface area (Å²) in [6, 6.07) is 19.5. The standard InChI is InChI=1S/C49H58F3N9O4/c1-33(53-22-2-3-34-4-6-37(7-5-34)43-29-44(56-32-55-43)57-40-13-15-41(16-14-40)65-49(50,51)52)36-8-10-38(11-9-36)48(64)61-27-25-59(26-28-61)31-35-20-23-60(24-21-35)45-18-12-39(30-54-45)42-17-19-46(62)58-47(42)63/h4-7,12-16,18,29-30,32,35-36,38,42,53H,1-3,8-11,17,19-28,31H2,(H,55,56,57)(H,58,62,63). The Bertz CT molecular complexity index is 2250. The molecule has 0 bridgehead atoms. The highest BCUT2D eigenvalue weighted by Gasteiger charge is 2.34. The first kappa shape index (κ1) is 45.5. The van der Waals surface area contributed by atoms with E-state index in [1.165, 1.54) is 36.2 Å². The van der Waals surface area contributed by atoms with Gasteiger partial charge in [0.05, 0.1) is 11.6 Å². The molecule has 5 heterocycles. The minimum Gasteiger partial charge on any atom is -0.406 e. The third kappa shape index (κ3) is 12.4. The predicted octanol–water partition coefficient (Wildman–Crippen LogP) is 7.60. The van der Waals surface area contributed by atoms with E-state index in [1.54, 1.807) is 12.3 Å². The molecule has 3 amide bonds. The molecule has 344 valence electrons. The molecule has 2 aromatic carbocycles. The summed E-state index contributed by atoms with van der Waals surface area (Å²) in [6.07, 6.45) is 7.19. The molecule has 65 heavy (non-hydrogen) atoms. The zero-order valence-corrected chi connectivity index (χ0v) is 36.7. The van der Waals surface area contributed by atoms with Gasteiger partial charge in [0.1, 0.15) is 23.7 Å². The number of halogens is 3. The number of piperazine rings is 1. The minimum atomic E-state index is -4.74. The SMILES string of the molecule is C=C(NCCCc1ccc(-c2cc(Nc3ccc(OC(F)(F)F)cc3)ncn2)cc1)C1CCC(C(=O)N2CCN(CC3CCN(c4ccc(C5CCC(=O)NC5=O)cn4)CC3)CC2)CC1. The molecule has 3 N–H and O–H groups in total. The lowest BCUT2D eigenvalue weighted by atomic mass is 9.80. The van der Waals surface area contributed by atoms with E-state index >= 15 is 0 Å². The van der Waals surface area contributed by atoms with E-state index in [0.717, 1.165) is 132 Å². The van der Waals surface area contributed by atoms with Crippen LogP contribution < -0.4 is 25.6 Å². The van der Waals surface area contributed by atoms with E-state index in [-0.39, 0.29) is 29.4 Å². The van der Waals surface area contributed by atoms with Crippen LogP contribution in [0.5, 0.6) is 5.75 Å². The van der Waals surface area contributed by atoms with Crippen molar-refractivity contribution >= 4 is 35.0 Å². The van der Waals surface area contributed by atoms with Gasteiger partial charge >= 0.3 is 6.36 Å². The molecule has 4 aromatic rings. The molecule has 1 saturated carbocycles. The molecule has 3 saturated heterocycles. The van der Waals surface area contributed by atoms with Gasteiger partial charge in [0.25, 0.3) is 0 Å². The number of piperidine rings is 2. The molecular weight excluding hydrogens is 836 g/mol. The highest BCUT2D eigenvalue weighted by Crippen LogP contribution is 2.34. The van der Waals surface area contributed by atoms with Crippen molar-refractivity contribution in [3.63, 3.8) is 0 Å². The lowest BCUT2D eigenvalue weighted by molar-refractivity contribution is -0.274. The highest BCUT2D eigenvalue weighted by molar-refractivity contribution is 6.00. The van der Waals surface area contributed by atoms with Crippen LogP contribution in [0.15, 0.2) is 91.5 Å². The molecule has 4 fully saturated rings. The topological polar surface area (TPSA) is 145 Å². The number of anilines is 3. The summed E-state index contributed by atoms with van der Waals surface area (Å²) >= 11 is 0. The first-order valence-electron chi connectivity index (χ1n) is 22.9. The van der Waals surface area contributed by atoms with Crippen molar-refractivity contribution in [3.8, 4) is 17.0 Å². The van der Waals surface area contributed by atoms with E-state index in [2.05, 4.69) is 69.1 Å². The number of hydrogen-bond donors (Lipinski definition) is 3. The summed E-state index contributed by atoms with van der Waals surface area (Å²) in [5.74, 6) is 1.81. The second-order valence-corrected chi connectivity index (χ2v) is 17.8. The molecule has 0 spiro atoms. The fourth-order valence-electron chi connectivity index (χ4n) is 9.61. The molecule has 1 atom stereocenters. The van der Waals surface area contributed by atoms with E-state index in [1.807, 2.05) is 24.3 Å². The number of aryl methyl sites for hydroxylation is 1. The third-order valence-electron chi connectivity index (χ3n) is 13.4. The molecule has 16 heteroatoms. The van der Waals surface area contributed by atoms with Gasteiger partial charge < -0.3 is 25.2 Å². The van der Waals surface area contributed by atoms with Crippen molar-refractivity contribution in [2.75, 3.05) is 62.6 Å². The fourth-order valence-corrected chi connectivity index (χ4v) is 9.61. The number of pyridine rings is 1. The van der Waals surface area contributed by atoms with Crippen molar-refractivity contribution in [1.82, 2.24) is 35.4 Å². The lowest BCUT2D eigenvalue weighted by Crippen LogP contribution is -2.52. The van der Waals surface area contributed by atoms with Crippen LogP contribution in [0.25, 0.3) is 11.3 Å². The Hall–Kier alpha value is -6.03. The summed E-state index contributed by atoms with van der Waals surface area (Å²) in [5.41, 5.74) is 5.35. The zero-order valence-electron chi connectivity index (χ0n) is 36.7. The van der Waals surface area contributed by atoms with Gasteiger partial charge in [-0.05, 0) is 111 Å². The Kier molecular flexibility index (Phi) is 14.6. The largest absolute Gasteiger partial charge is 0.573 e. The maximum atomic E-state index is 13.6. The number of rotatable bonds is 15. The zero-order chi connectivity index (χ0) is 45.3. The van der Waals surface area contributed by atoms with Gasteiger partial charge in [0, 0.05) is 93.9 Å². The normalized spacial score (nSPS) is 21.1. The van der Waals surface area contributed by atoms with Gasteiger partial charge in [-0.3, -0.25) is 24.6 Å². The number of ether oxygens (including phenoxy) is 1. The number of imide groups is 1. The number of hydrogen-bond acceptors (Lipinski definition) is 11. The Balaban J connectivity index is 0.686. The number of nitrogens with zero attached hydrogens (tertiary/aromatic N) is 6. The molecule has 8 rings (SSSR count). The predicted molar refractivity (Wildman–Crippen MR) is 242 cm³/mol. The number of alkyl halides is 3. The summed E-state index contributed by atoms with van der Waals surface area (Å²) in [6.45, 7) is 11.6. The Morgan fingerprint density at radius 2 is 1.55 bits per heavy atom. The summed E-state index contributed by atoms with van der Waals surface area (Å²) in [7, 11) is 0. The second-order valence-electron chi connectivity index (χ2n) is 17.8. The molecule has 1 aliphatic carbocycles. The average molecular weight is 894 g/mol. The summed E-state index contributed by atoms with van der Waals surface area (Å²) in [5, 5.41) is 9.09. The number of benzene rings is 2. The van der Waals surface area contributed by atoms with Gasteiger partial charge in [0.15, 0.2) is 0 Å². The monoisotopic (exact) mass is 893 g/mol. The number of carbonyl (C=O) groups is 3. The first-order valence-corrected chi connectivity index (χ1v) is 22.9. The maximum absolute atomic E-state index is 13.6. The first-order chi connectivity index (χ1) is 31.4. The number of amides is 3. The highest BCUT2D eigenvalue weighted by atomic mass is 19.4. The van der Waals surface area contributed by atoms with Crippen molar-refractivity contribution in [2.45, 2.75) is 76.5 Å². The second kappa shape index (κ2) is 20.9. The van der Waals surface area contributed by atoms with Crippen molar-refractivity contribution in [2.24, 2.45) is 17.8 Å². The van der Waals surface area contributed by atoms with Gasteiger partial charge in [-0.1, -0.05) is 36.9 Å². The number of aromatic nitrogens is 3. The van der Waals surface area contributed by atoms with Gasteiger partial charge in [0.2, 0.25) is 17.7 Å². The van der Waals surface area contributed by atoms with E-state index < -0.39 is 6.36 Å². The van der Waals surface area contributed by atoms with Crippen LogP contribution in [0, 0.1) is 17.8 Å². The van der Waals surface area contributed by atoms with Crippen LogP contribution in [0.1, 0.15) is 74.8 Å². The average Bonchev–Trinajstić information content (AvgIpc) is 3.31. The van der Waals surface area contributed by atoms with Crippen LogP contribution in [0.3, 0.4) is 0 Å². The Labute approximate surface area is 378 Å². The molecule has 4 aliphatic rings. The molecule has 3 aliphatic heterocycles. The summed E-state index contributed by atoms with van der Waals surface area (Å²) in [4.78, 5) is 57.7. The Morgan fingerprint density at radius 3 is 2.23 bits per heavy atom. The fraction of sp³-hybridized carbons (Fsp3) is 0.469. The van der Waals surface area contributed by atoms with Crippen LogP contribution in [0.2, 0.25) is 0 Å². The van der Waals surface area contributed by atoms with Gasteiger partial charge in [-0.2, -0.15) is 0 Å². The van der Waals surface area contributed by atoms with E-state index in [0.29, 0.717) is 42.1 Å². The number of nitrogens with one attached hydrogen (secondary N) is 3. The lowest BCUT2D eigenvalue weighted by Gasteiger charge is -2.40. The maximum Gasteiger partial charge on any atom is 0.573 e. The van der Waals surface area contributed by atoms with Gasteiger partial charge in [-0.25, -0.2) is 15.0 Å². The quantitative estimate of drug-likeness (QED) is 0.0802. The van der Waals surface area contributed by atoms with E-state index in [4.69, 9.17) is 0 Å². The smallest absolute Gasteiger partial charge is 0.406 e. The van der Waals surface area contributed by atoms with Crippen LogP contribution in [-0.4, -0.2) is 101 Å². The van der Waals surface area contributed by atoms with Crippen LogP contribution in [0.4, 0.5) is 30.5 Å². The number of allylic oxidation sites excluding steroid dienone is 1. The minimum absolute atomic E-state index is 0.0947. The van der Waals surface area contributed by atoms with Crippen molar-refractivity contribution < 1.29 is 32.3 Å². The van der Waals surface area contributed by atoms with Crippen LogP contribution >= 0.6 is 0 Å². The van der Waals surface area contributed by atoms with Crippen LogP contribution in [-0.2, 0) is 20.8 Å². The molecule has 13 nitrogen and oxygen atoms in total. The molecular formula is C49H58F3N9O4. The summed E-state index contributed by atoms with van der Waals surface area (Å²) < 4.78 is 41.4. The van der Waals surface area contributed by atoms with Crippen molar-refractivity contribution in [1.29, 1.82) is 0 Å². The number of carbonyl (C=O) groups excluding carboxylic acids is 3. The van der Waals surface area contributed by atoms with E-state index in [9.17, 15) is 27.6 Å². The molecule has 1 unspecified atom stereocenters. The van der Waals surface area contributed by atoms with Gasteiger partial charge in [-0.15, -0.1) is 13.2 Å². The molecule has 0 radical (unpaired) electrons. The Morgan fingerprint density at radius 1 is 0.831 bits per heavy atom. The van der Waals surface area contributed by atoms with Crippen molar-refractivity contribution in [3.05, 3.63) is 103 Å².